The van der Waals surface area contributed by atoms with Crippen LogP contribution < -0.4 is 0 Å². The molecule has 0 spiro atoms. The first kappa shape index (κ1) is 22.3. The highest BCUT2D eigenvalue weighted by Crippen LogP contribution is 2.22. The van der Waals surface area contributed by atoms with Crippen LogP contribution in [-0.2, 0) is 19.0 Å². The molecule has 0 aliphatic carbocycles. The summed E-state index contributed by atoms with van der Waals surface area (Å²) in [7, 11) is 0. The zero-order valence-electron chi connectivity index (χ0n) is 15.4. The molecule has 1 heterocycles. The van der Waals surface area contributed by atoms with E-state index in [-0.39, 0.29) is 12.6 Å². The Balaban J connectivity index is 2.30. The van der Waals surface area contributed by atoms with Crippen LogP contribution in [-0.4, -0.2) is 65.2 Å². The lowest BCUT2D eigenvalue weighted by atomic mass is 9.99. The minimum Gasteiger partial charge on any atom is -0.463 e. The van der Waals surface area contributed by atoms with Gasteiger partial charge in [-0.25, -0.2) is 0 Å². The largest absolute Gasteiger partial charge is 0.463 e. The molecule has 1 rings (SSSR count). The van der Waals surface area contributed by atoms with E-state index in [1.54, 1.807) is 0 Å². The van der Waals surface area contributed by atoms with Gasteiger partial charge >= 0.3 is 5.97 Å². The minimum atomic E-state index is -1.40. The standard InChI is InChI=1S/C18H34O7/c1-3-5-6-7-8-9-10-14(19)24-12-13-15(20)16(21)17(22)18(25-13)23-11-4-2/h13,15-18,20-22H,3-12H2,1-2H3/t13-,15-,16+,17-,18?/m1/s1. The smallest absolute Gasteiger partial charge is 0.305 e. The van der Waals surface area contributed by atoms with E-state index >= 15 is 0 Å². The molecule has 1 fully saturated rings. The van der Waals surface area contributed by atoms with Gasteiger partial charge in [-0.15, -0.1) is 0 Å². The van der Waals surface area contributed by atoms with Gasteiger partial charge in [-0.3, -0.25) is 4.79 Å². The quantitative estimate of drug-likeness (QED) is 0.357. The third-order valence-corrected chi connectivity index (χ3v) is 4.30. The lowest BCUT2D eigenvalue weighted by Gasteiger charge is -2.39. The third-order valence-electron chi connectivity index (χ3n) is 4.30. The van der Waals surface area contributed by atoms with Gasteiger partial charge in [0.25, 0.3) is 0 Å². The summed E-state index contributed by atoms with van der Waals surface area (Å²) in [5, 5.41) is 29.7. The molecule has 1 aliphatic rings. The molecule has 1 unspecified atom stereocenters. The Morgan fingerprint density at radius 1 is 0.920 bits per heavy atom. The first-order valence-corrected chi connectivity index (χ1v) is 9.48. The van der Waals surface area contributed by atoms with E-state index in [0.29, 0.717) is 13.0 Å². The number of aliphatic hydroxyl groups excluding tert-OH is 3. The molecule has 1 saturated heterocycles. The van der Waals surface area contributed by atoms with E-state index in [9.17, 15) is 20.1 Å². The third kappa shape index (κ3) is 8.00. The van der Waals surface area contributed by atoms with Crippen molar-refractivity contribution >= 4 is 5.97 Å². The maximum atomic E-state index is 11.8. The Morgan fingerprint density at radius 3 is 2.28 bits per heavy atom. The first-order chi connectivity index (χ1) is 12.0. The summed E-state index contributed by atoms with van der Waals surface area (Å²) in [6.45, 7) is 4.25. The van der Waals surface area contributed by atoms with Crippen molar-refractivity contribution in [3.05, 3.63) is 0 Å². The highest BCUT2D eigenvalue weighted by atomic mass is 16.7. The number of ether oxygens (including phenoxy) is 3. The van der Waals surface area contributed by atoms with E-state index < -0.39 is 30.7 Å². The summed E-state index contributed by atoms with van der Waals surface area (Å²) in [6, 6.07) is 0. The van der Waals surface area contributed by atoms with Crippen molar-refractivity contribution in [2.75, 3.05) is 13.2 Å². The summed E-state index contributed by atoms with van der Waals surface area (Å²) in [4.78, 5) is 11.8. The van der Waals surface area contributed by atoms with Crippen LogP contribution in [0.3, 0.4) is 0 Å². The summed E-state index contributed by atoms with van der Waals surface area (Å²) < 4.78 is 15.9. The fraction of sp³-hybridized carbons (Fsp3) is 0.944. The second kappa shape index (κ2) is 12.6. The van der Waals surface area contributed by atoms with Gasteiger partial charge in [0.05, 0.1) is 0 Å². The van der Waals surface area contributed by atoms with Gasteiger partial charge in [0.15, 0.2) is 6.29 Å². The van der Waals surface area contributed by atoms with Crippen LogP contribution in [0.1, 0.15) is 65.2 Å². The normalized spacial score (nSPS) is 29.6. The van der Waals surface area contributed by atoms with Crippen molar-refractivity contribution in [2.24, 2.45) is 0 Å². The number of aliphatic hydroxyl groups is 3. The maximum absolute atomic E-state index is 11.8. The predicted molar refractivity (Wildman–Crippen MR) is 91.9 cm³/mol. The van der Waals surface area contributed by atoms with Crippen LogP contribution in [0.5, 0.6) is 0 Å². The minimum absolute atomic E-state index is 0.175. The van der Waals surface area contributed by atoms with E-state index in [2.05, 4.69) is 6.92 Å². The molecular weight excluding hydrogens is 328 g/mol. The predicted octanol–water partition coefficient (Wildman–Crippen LogP) is 1.51. The van der Waals surface area contributed by atoms with Gasteiger partial charge in [-0.05, 0) is 12.8 Å². The van der Waals surface area contributed by atoms with Crippen LogP contribution in [0.2, 0.25) is 0 Å². The summed E-state index contributed by atoms with van der Waals surface area (Å²) in [6.07, 6.45) is 1.50. The van der Waals surface area contributed by atoms with Crippen LogP contribution in [0, 0.1) is 0 Å². The molecule has 0 saturated carbocycles. The SMILES string of the molecule is CCCCCCCCC(=O)OC[C@H]1OC(OCCC)[C@H](O)[C@@H](O)[C@@H]1O. The Labute approximate surface area is 150 Å². The van der Waals surface area contributed by atoms with Crippen molar-refractivity contribution in [2.45, 2.75) is 95.9 Å². The number of hydrogen-bond acceptors (Lipinski definition) is 7. The molecule has 0 radical (unpaired) electrons. The number of hydrogen-bond donors (Lipinski definition) is 3. The summed E-state index contributed by atoms with van der Waals surface area (Å²) >= 11 is 0. The summed E-state index contributed by atoms with van der Waals surface area (Å²) in [5.74, 6) is -0.349. The molecule has 0 aromatic carbocycles. The van der Waals surface area contributed by atoms with Crippen molar-refractivity contribution in [3.8, 4) is 0 Å². The Kier molecular flexibility index (Phi) is 11.2. The fourth-order valence-electron chi connectivity index (χ4n) is 2.72. The molecule has 148 valence electrons. The van der Waals surface area contributed by atoms with E-state index in [1.807, 2.05) is 6.92 Å². The van der Waals surface area contributed by atoms with E-state index in [1.165, 1.54) is 19.3 Å². The van der Waals surface area contributed by atoms with Gasteiger partial charge in [0.1, 0.15) is 31.0 Å². The van der Waals surface area contributed by atoms with Crippen LogP contribution >= 0.6 is 0 Å². The second-order valence-corrected chi connectivity index (χ2v) is 6.59. The molecule has 0 aromatic rings. The van der Waals surface area contributed by atoms with E-state index in [0.717, 1.165) is 25.7 Å². The first-order valence-electron chi connectivity index (χ1n) is 9.48. The molecule has 0 bridgehead atoms. The van der Waals surface area contributed by atoms with Gasteiger partial charge in [-0.1, -0.05) is 46.0 Å². The lowest BCUT2D eigenvalue weighted by molar-refractivity contribution is -0.301. The van der Waals surface area contributed by atoms with Crippen LogP contribution in [0.15, 0.2) is 0 Å². The number of carbonyl (C=O) groups excluding carboxylic acids is 1. The molecule has 0 aromatic heterocycles. The van der Waals surface area contributed by atoms with Crippen LogP contribution in [0.25, 0.3) is 0 Å². The zero-order valence-corrected chi connectivity index (χ0v) is 15.4. The molecular formula is C18H34O7. The van der Waals surface area contributed by atoms with Crippen molar-refractivity contribution in [1.29, 1.82) is 0 Å². The van der Waals surface area contributed by atoms with Crippen molar-refractivity contribution in [1.82, 2.24) is 0 Å². The Hall–Kier alpha value is -0.730. The lowest BCUT2D eigenvalue weighted by Crippen LogP contribution is -2.59. The Morgan fingerprint density at radius 2 is 1.60 bits per heavy atom. The number of carbonyl (C=O) groups is 1. The molecule has 7 heteroatoms. The highest BCUT2D eigenvalue weighted by molar-refractivity contribution is 5.69. The second-order valence-electron chi connectivity index (χ2n) is 6.59. The van der Waals surface area contributed by atoms with Gasteiger partial charge in [0, 0.05) is 13.0 Å². The molecule has 3 N–H and O–H groups in total. The molecule has 1 aliphatic heterocycles. The van der Waals surface area contributed by atoms with Gasteiger partial charge in [0.2, 0.25) is 0 Å². The van der Waals surface area contributed by atoms with Crippen molar-refractivity contribution < 1.29 is 34.3 Å². The topological polar surface area (TPSA) is 105 Å². The number of rotatable bonds is 12. The number of unbranched alkanes of at least 4 members (excludes halogenated alkanes) is 5. The monoisotopic (exact) mass is 362 g/mol. The van der Waals surface area contributed by atoms with Crippen LogP contribution in [0.4, 0.5) is 0 Å². The average molecular weight is 362 g/mol. The van der Waals surface area contributed by atoms with Gasteiger partial charge < -0.3 is 29.5 Å². The maximum Gasteiger partial charge on any atom is 0.305 e. The molecule has 5 atom stereocenters. The molecule has 25 heavy (non-hydrogen) atoms. The molecule has 7 nitrogen and oxygen atoms in total. The molecule has 0 amide bonds. The highest BCUT2D eigenvalue weighted by Gasteiger charge is 2.44. The Bertz CT molecular complexity index is 363. The van der Waals surface area contributed by atoms with Crippen molar-refractivity contribution in [3.63, 3.8) is 0 Å². The zero-order chi connectivity index (χ0) is 18.7. The summed E-state index contributed by atoms with van der Waals surface area (Å²) in [5.41, 5.74) is 0. The number of esters is 1. The van der Waals surface area contributed by atoms with E-state index in [4.69, 9.17) is 14.2 Å². The fourth-order valence-corrected chi connectivity index (χ4v) is 2.72. The van der Waals surface area contributed by atoms with Gasteiger partial charge in [-0.2, -0.15) is 0 Å². The average Bonchev–Trinajstić information content (AvgIpc) is 2.61.